The molecular weight excluding hydrogens is 328 g/mol. The van der Waals surface area contributed by atoms with E-state index >= 15 is 0 Å². The smallest absolute Gasteiger partial charge is 0.308 e. The highest BCUT2D eigenvalue weighted by Crippen LogP contribution is 2.24. The molecule has 0 radical (unpaired) electrons. The number of carboxylic acids is 1. The normalized spacial score (nSPS) is 10.4. The molecule has 1 heterocycles. The van der Waals surface area contributed by atoms with Gasteiger partial charge in [0.05, 0.1) is 11.4 Å². The summed E-state index contributed by atoms with van der Waals surface area (Å²) in [7, 11) is 0. The first kappa shape index (κ1) is 16.3. The van der Waals surface area contributed by atoms with E-state index in [-0.39, 0.29) is 33.8 Å². The number of rotatable bonds is 4. The number of ether oxygens (including phenoxy) is 2. The van der Waals surface area contributed by atoms with Crippen LogP contribution in [0.3, 0.4) is 0 Å². The largest absolute Gasteiger partial charge is 0.545 e. The Kier molecular flexibility index (Phi) is 4.21. The first-order chi connectivity index (χ1) is 11.9. The van der Waals surface area contributed by atoms with Crippen LogP contribution in [0.4, 0.5) is 0 Å². The quantitative estimate of drug-likeness (QED) is 0.527. The fourth-order valence-electron chi connectivity index (χ4n) is 2.18. The molecule has 1 aromatic heterocycles. The number of carbonyl (C=O) groups excluding carboxylic acids is 2. The average molecular weight is 339 g/mol. The van der Waals surface area contributed by atoms with E-state index in [2.05, 4.69) is 0 Å². The van der Waals surface area contributed by atoms with Crippen molar-refractivity contribution in [3.05, 3.63) is 64.5 Å². The van der Waals surface area contributed by atoms with Gasteiger partial charge in [-0.25, -0.2) is 0 Å². The minimum atomic E-state index is -1.31. The lowest BCUT2D eigenvalue weighted by Crippen LogP contribution is -2.21. The average Bonchev–Trinajstić information content (AvgIpc) is 2.57. The third-order valence-corrected chi connectivity index (χ3v) is 3.29. The Hall–Kier alpha value is -3.61. The van der Waals surface area contributed by atoms with Gasteiger partial charge in [0.25, 0.3) is 0 Å². The van der Waals surface area contributed by atoms with E-state index < -0.39 is 17.4 Å². The van der Waals surface area contributed by atoms with Crippen molar-refractivity contribution in [2.75, 3.05) is 0 Å². The number of hydrogen-bond donors (Lipinski definition) is 0. The van der Waals surface area contributed by atoms with E-state index in [0.29, 0.717) is 0 Å². The van der Waals surface area contributed by atoms with E-state index in [1.165, 1.54) is 49.4 Å². The zero-order chi connectivity index (χ0) is 18.0. The Labute approximate surface area is 141 Å². The summed E-state index contributed by atoms with van der Waals surface area (Å²) in [6, 6.07) is 9.77. The molecule has 0 spiro atoms. The Balaban J connectivity index is 1.92. The molecule has 0 saturated heterocycles. The lowest BCUT2D eigenvalue weighted by atomic mass is 10.2. The molecule has 7 nitrogen and oxygen atoms in total. The highest BCUT2D eigenvalue weighted by molar-refractivity contribution is 5.85. The van der Waals surface area contributed by atoms with E-state index in [9.17, 15) is 19.5 Å². The second-order valence-electron chi connectivity index (χ2n) is 5.09. The SMILES string of the molecule is CC(=O)Oc1ccc2c(=O)c(Oc3ccc(C(=O)[O-])cc3)coc2c1. The molecule has 0 N–H and O–H groups in total. The molecule has 0 aliphatic carbocycles. The number of benzene rings is 2. The van der Waals surface area contributed by atoms with E-state index in [1.807, 2.05) is 0 Å². The van der Waals surface area contributed by atoms with Crippen LogP contribution in [0.15, 0.2) is 57.9 Å². The summed E-state index contributed by atoms with van der Waals surface area (Å²) in [5.41, 5.74) is -0.182. The fourth-order valence-corrected chi connectivity index (χ4v) is 2.18. The van der Waals surface area contributed by atoms with Gasteiger partial charge < -0.3 is 23.8 Å². The number of fused-ring (bicyclic) bond motifs is 1. The van der Waals surface area contributed by atoms with Crippen LogP contribution >= 0.6 is 0 Å². The van der Waals surface area contributed by atoms with Gasteiger partial charge in [0, 0.05) is 13.0 Å². The molecule has 3 rings (SSSR count). The number of carboxylic acid groups (broad SMARTS) is 1. The van der Waals surface area contributed by atoms with E-state index in [1.54, 1.807) is 0 Å². The maximum Gasteiger partial charge on any atom is 0.308 e. The topological polar surface area (TPSA) is 106 Å². The maximum absolute atomic E-state index is 12.4. The predicted molar refractivity (Wildman–Crippen MR) is 84.6 cm³/mol. The van der Waals surface area contributed by atoms with Crippen LogP contribution in [0.2, 0.25) is 0 Å². The van der Waals surface area contributed by atoms with Crippen molar-refractivity contribution >= 4 is 22.9 Å². The van der Waals surface area contributed by atoms with Gasteiger partial charge in [-0.1, -0.05) is 0 Å². The van der Waals surface area contributed by atoms with E-state index in [0.717, 1.165) is 6.26 Å². The Morgan fingerprint density at radius 1 is 1.04 bits per heavy atom. The summed E-state index contributed by atoms with van der Waals surface area (Å²) in [5.74, 6) is -1.32. The molecule has 7 heteroatoms. The number of esters is 1. The highest BCUT2D eigenvalue weighted by Gasteiger charge is 2.11. The number of carbonyl (C=O) groups is 2. The van der Waals surface area contributed by atoms with Gasteiger partial charge in [-0.2, -0.15) is 0 Å². The van der Waals surface area contributed by atoms with Gasteiger partial charge in [-0.15, -0.1) is 0 Å². The standard InChI is InChI=1S/C18H12O7/c1-10(19)24-13-6-7-14-15(8-13)23-9-16(17(14)20)25-12-4-2-11(3-5-12)18(21)22/h2-9H,1H3,(H,21,22)/p-1. The van der Waals surface area contributed by atoms with Crippen LogP contribution in [-0.4, -0.2) is 11.9 Å². The third kappa shape index (κ3) is 3.50. The molecule has 126 valence electrons. The minimum absolute atomic E-state index is 0.00380. The summed E-state index contributed by atoms with van der Waals surface area (Å²) >= 11 is 0. The molecule has 0 aliphatic heterocycles. The molecule has 0 unspecified atom stereocenters. The molecular formula is C18H11O7-. The van der Waals surface area contributed by atoms with Crippen molar-refractivity contribution in [2.45, 2.75) is 6.92 Å². The zero-order valence-electron chi connectivity index (χ0n) is 13.0. The van der Waals surface area contributed by atoms with Crippen LogP contribution in [0.5, 0.6) is 17.2 Å². The molecule has 0 saturated carbocycles. The van der Waals surface area contributed by atoms with Crippen molar-refractivity contribution in [3.8, 4) is 17.2 Å². The highest BCUT2D eigenvalue weighted by atomic mass is 16.5. The lowest BCUT2D eigenvalue weighted by molar-refractivity contribution is -0.255. The molecule has 0 aliphatic rings. The van der Waals surface area contributed by atoms with Gasteiger partial charge >= 0.3 is 5.97 Å². The first-order valence-corrected chi connectivity index (χ1v) is 7.17. The number of aromatic carboxylic acids is 1. The minimum Gasteiger partial charge on any atom is -0.545 e. The van der Waals surface area contributed by atoms with Crippen molar-refractivity contribution < 1.29 is 28.6 Å². The number of hydrogen-bond acceptors (Lipinski definition) is 7. The van der Waals surface area contributed by atoms with Crippen molar-refractivity contribution in [3.63, 3.8) is 0 Å². The van der Waals surface area contributed by atoms with Crippen molar-refractivity contribution in [1.82, 2.24) is 0 Å². The van der Waals surface area contributed by atoms with Crippen molar-refractivity contribution in [1.29, 1.82) is 0 Å². The lowest BCUT2D eigenvalue weighted by Gasteiger charge is -2.08. The van der Waals surface area contributed by atoms with Gasteiger partial charge in [-0.05, 0) is 42.0 Å². The maximum atomic E-state index is 12.4. The fraction of sp³-hybridized carbons (Fsp3) is 0.0556. The van der Waals surface area contributed by atoms with Crippen LogP contribution in [0.25, 0.3) is 11.0 Å². The predicted octanol–water partition coefficient (Wildman–Crippen LogP) is 1.87. The second kappa shape index (κ2) is 6.48. The molecule has 25 heavy (non-hydrogen) atoms. The van der Waals surface area contributed by atoms with E-state index in [4.69, 9.17) is 13.9 Å². The van der Waals surface area contributed by atoms with Crippen LogP contribution < -0.4 is 20.0 Å². The molecule has 2 aromatic carbocycles. The van der Waals surface area contributed by atoms with Gasteiger partial charge in [0.1, 0.15) is 23.3 Å². The summed E-state index contributed by atoms with van der Waals surface area (Å²) < 4.78 is 15.7. The van der Waals surface area contributed by atoms with Gasteiger partial charge in [0.15, 0.2) is 0 Å². The third-order valence-electron chi connectivity index (χ3n) is 3.29. The second-order valence-corrected chi connectivity index (χ2v) is 5.09. The summed E-state index contributed by atoms with van der Waals surface area (Å²) in [4.78, 5) is 34.1. The molecule has 0 atom stereocenters. The Morgan fingerprint density at radius 3 is 2.36 bits per heavy atom. The first-order valence-electron chi connectivity index (χ1n) is 7.17. The summed E-state index contributed by atoms with van der Waals surface area (Å²) in [6.07, 6.45) is 1.13. The van der Waals surface area contributed by atoms with Crippen LogP contribution in [0, 0.1) is 0 Å². The summed E-state index contributed by atoms with van der Waals surface area (Å²) in [5, 5.41) is 11.0. The molecule has 3 aromatic rings. The van der Waals surface area contributed by atoms with Gasteiger partial charge in [0.2, 0.25) is 11.2 Å². The Morgan fingerprint density at radius 2 is 1.72 bits per heavy atom. The molecule has 0 amide bonds. The molecule has 0 fully saturated rings. The Bertz CT molecular complexity index is 1020. The zero-order valence-corrected chi connectivity index (χ0v) is 13.0. The monoisotopic (exact) mass is 339 g/mol. The molecule has 0 bridgehead atoms. The van der Waals surface area contributed by atoms with Crippen LogP contribution in [-0.2, 0) is 4.79 Å². The van der Waals surface area contributed by atoms with Gasteiger partial charge in [-0.3, -0.25) is 9.59 Å². The van der Waals surface area contributed by atoms with Crippen LogP contribution in [0.1, 0.15) is 17.3 Å². The summed E-state index contributed by atoms with van der Waals surface area (Å²) in [6.45, 7) is 1.27. The van der Waals surface area contributed by atoms with Crippen molar-refractivity contribution in [2.24, 2.45) is 0 Å².